The molecule has 0 heterocycles. The van der Waals surface area contributed by atoms with Crippen LogP contribution in [0.3, 0.4) is 0 Å². The number of rotatable bonds is 8. The molecule has 0 saturated carbocycles. The summed E-state index contributed by atoms with van der Waals surface area (Å²) in [5.74, 6) is 0.752. The molecule has 0 fully saturated rings. The lowest BCUT2D eigenvalue weighted by Gasteiger charge is -2.07. The zero-order valence-electron chi connectivity index (χ0n) is 9.52. The Hall–Kier alpha value is -1.10. The first kappa shape index (κ1) is 13.0. The standard InChI is InChI=1S/C12H18O4/c1-14-5-6-15-7-8-16-12-4-2-3-11(9-12)10-13/h2-4,9,13H,5-8,10H2,1H3. The predicted molar refractivity (Wildman–Crippen MR) is 60.6 cm³/mol. The smallest absolute Gasteiger partial charge is 0.119 e. The fourth-order valence-electron chi connectivity index (χ4n) is 1.20. The fourth-order valence-corrected chi connectivity index (χ4v) is 1.20. The van der Waals surface area contributed by atoms with Gasteiger partial charge in [-0.15, -0.1) is 0 Å². The summed E-state index contributed by atoms with van der Waals surface area (Å²) in [6.45, 7) is 2.24. The molecular weight excluding hydrogens is 208 g/mol. The first-order chi connectivity index (χ1) is 7.86. The summed E-state index contributed by atoms with van der Waals surface area (Å²) >= 11 is 0. The molecule has 16 heavy (non-hydrogen) atoms. The van der Waals surface area contributed by atoms with Crippen molar-refractivity contribution in [3.05, 3.63) is 29.8 Å². The van der Waals surface area contributed by atoms with Crippen LogP contribution >= 0.6 is 0 Å². The number of aliphatic hydroxyl groups is 1. The van der Waals surface area contributed by atoms with Gasteiger partial charge in [0.1, 0.15) is 12.4 Å². The van der Waals surface area contributed by atoms with Crippen molar-refractivity contribution in [3.8, 4) is 5.75 Å². The maximum absolute atomic E-state index is 8.94. The molecule has 1 aromatic rings. The van der Waals surface area contributed by atoms with E-state index < -0.39 is 0 Å². The number of hydrogen-bond acceptors (Lipinski definition) is 4. The first-order valence-corrected chi connectivity index (χ1v) is 5.26. The molecule has 0 bridgehead atoms. The lowest BCUT2D eigenvalue weighted by Crippen LogP contribution is -2.10. The van der Waals surface area contributed by atoms with Crippen molar-refractivity contribution in [3.63, 3.8) is 0 Å². The van der Waals surface area contributed by atoms with Gasteiger partial charge in [0, 0.05) is 7.11 Å². The third-order valence-corrected chi connectivity index (χ3v) is 2.01. The minimum atomic E-state index is 0.0293. The maximum atomic E-state index is 8.94. The summed E-state index contributed by atoms with van der Waals surface area (Å²) in [5.41, 5.74) is 0.845. The summed E-state index contributed by atoms with van der Waals surface area (Å²) in [4.78, 5) is 0. The molecular formula is C12H18O4. The fraction of sp³-hybridized carbons (Fsp3) is 0.500. The average Bonchev–Trinajstić information content (AvgIpc) is 2.34. The molecule has 0 radical (unpaired) electrons. The van der Waals surface area contributed by atoms with Crippen LogP contribution in [0.5, 0.6) is 5.75 Å². The highest BCUT2D eigenvalue weighted by atomic mass is 16.5. The van der Waals surface area contributed by atoms with Crippen LogP contribution in [-0.2, 0) is 16.1 Å². The Kier molecular flexibility index (Phi) is 6.56. The van der Waals surface area contributed by atoms with Gasteiger partial charge in [0.05, 0.1) is 26.4 Å². The highest BCUT2D eigenvalue weighted by Crippen LogP contribution is 2.12. The average molecular weight is 226 g/mol. The second kappa shape index (κ2) is 8.10. The van der Waals surface area contributed by atoms with Gasteiger partial charge in [0.25, 0.3) is 0 Å². The minimum Gasteiger partial charge on any atom is -0.491 e. The Balaban J connectivity index is 2.16. The van der Waals surface area contributed by atoms with Gasteiger partial charge < -0.3 is 19.3 Å². The van der Waals surface area contributed by atoms with Crippen LogP contribution in [-0.4, -0.2) is 38.6 Å². The van der Waals surface area contributed by atoms with E-state index in [2.05, 4.69) is 0 Å². The zero-order valence-corrected chi connectivity index (χ0v) is 9.52. The molecule has 4 nitrogen and oxygen atoms in total. The van der Waals surface area contributed by atoms with Crippen molar-refractivity contribution in [2.75, 3.05) is 33.5 Å². The summed E-state index contributed by atoms with van der Waals surface area (Å²) in [6.07, 6.45) is 0. The monoisotopic (exact) mass is 226 g/mol. The molecule has 90 valence electrons. The molecule has 0 amide bonds. The number of hydrogen-bond donors (Lipinski definition) is 1. The van der Waals surface area contributed by atoms with Crippen LogP contribution in [0.15, 0.2) is 24.3 Å². The first-order valence-electron chi connectivity index (χ1n) is 5.26. The van der Waals surface area contributed by atoms with Gasteiger partial charge in [-0.3, -0.25) is 0 Å². The van der Waals surface area contributed by atoms with E-state index in [9.17, 15) is 0 Å². The number of ether oxygens (including phenoxy) is 3. The van der Waals surface area contributed by atoms with Crippen molar-refractivity contribution in [1.82, 2.24) is 0 Å². The molecule has 0 unspecified atom stereocenters. The van der Waals surface area contributed by atoms with E-state index >= 15 is 0 Å². The Labute approximate surface area is 95.8 Å². The highest BCUT2D eigenvalue weighted by molar-refractivity contribution is 5.27. The number of methoxy groups -OCH3 is 1. The molecule has 4 heteroatoms. The number of benzene rings is 1. The SMILES string of the molecule is COCCOCCOc1cccc(CO)c1. The van der Waals surface area contributed by atoms with E-state index in [4.69, 9.17) is 19.3 Å². The van der Waals surface area contributed by atoms with Gasteiger partial charge in [-0.25, -0.2) is 0 Å². The molecule has 1 aromatic carbocycles. The van der Waals surface area contributed by atoms with E-state index in [-0.39, 0.29) is 6.61 Å². The topological polar surface area (TPSA) is 47.9 Å². The number of aliphatic hydroxyl groups excluding tert-OH is 1. The quantitative estimate of drug-likeness (QED) is 0.677. The van der Waals surface area contributed by atoms with E-state index in [1.165, 1.54) is 0 Å². The highest BCUT2D eigenvalue weighted by Gasteiger charge is 1.96. The Morgan fingerprint density at radius 1 is 1.12 bits per heavy atom. The molecule has 0 aliphatic heterocycles. The van der Waals surface area contributed by atoms with Crippen LogP contribution in [0.2, 0.25) is 0 Å². The molecule has 0 aromatic heterocycles. The van der Waals surface area contributed by atoms with Crippen LogP contribution < -0.4 is 4.74 Å². The Morgan fingerprint density at radius 2 is 1.94 bits per heavy atom. The van der Waals surface area contributed by atoms with Crippen molar-refractivity contribution >= 4 is 0 Å². The third kappa shape index (κ3) is 5.11. The van der Waals surface area contributed by atoms with E-state index in [1.807, 2.05) is 24.3 Å². The van der Waals surface area contributed by atoms with Crippen molar-refractivity contribution < 1.29 is 19.3 Å². The van der Waals surface area contributed by atoms with Crippen LogP contribution in [0.25, 0.3) is 0 Å². The molecule has 0 spiro atoms. The Morgan fingerprint density at radius 3 is 2.69 bits per heavy atom. The van der Waals surface area contributed by atoms with Gasteiger partial charge in [-0.1, -0.05) is 12.1 Å². The third-order valence-electron chi connectivity index (χ3n) is 2.01. The van der Waals surface area contributed by atoms with Gasteiger partial charge in [0.15, 0.2) is 0 Å². The van der Waals surface area contributed by atoms with Gasteiger partial charge in [0.2, 0.25) is 0 Å². The summed E-state index contributed by atoms with van der Waals surface area (Å²) in [7, 11) is 1.64. The van der Waals surface area contributed by atoms with Crippen molar-refractivity contribution in [1.29, 1.82) is 0 Å². The zero-order chi connectivity index (χ0) is 11.6. The van der Waals surface area contributed by atoms with E-state index in [0.29, 0.717) is 26.4 Å². The Bertz CT molecular complexity index is 288. The van der Waals surface area contributed by atoms with Crippen molar-refractivity contribution in [2.24, 2.45) is 0 Å². The van der Waals surface area contributed by atoms with Crippen LogP contribution in [0, 0.1) is 0 Å². The summed E-state index contributed by atoms with van der Waals surface area (Å²) in [6, 6.07) is 7.37. The lowest BCUT2D eigenvalue weighted by molar-refractivity contribution is 0.0544. The van der Waals surface area contributed by atoms with Crippen LogP contribution in [0.4, 0.5) is 0 Å². The minimum absolute atomic E-state index is 0.0293. The second-order valence-electron chi connectivity index (χ2n) is 3.26. The van der Waals surface area contributed by atoms with Gasteiger partial charge in [-0.05, 0) is 17.7 Å². The van der Waals surface area contributed by atoms with Crippen molar-refractivity contribution in [2.45, 2.75) is 6.61 Å². The lowest BCUT2D eigenvalue weighted by atomic mass is 10.2. The van der Waals surface area contributed by atoms with E-state index in [1.54, 1.807) is 7.11 Å². The predicted octanol–water partition coefficient (Wildman–Crippen LogP) is 1.22. The van der Waals surface area contributed by atoms with Gasteiger partial charge in [-0.2, -0.15) is 0 Å². The molecule has 0 aliphatic carbocycles. The summed E-state index contributed by atoms with van der Waals surface area (Å²) < 4.78 is 15.5. The molecule has 0 atom stereocenters. The molecule has 1 N–H and O–H groups in total. The molecule has 0 aliphatic rings. The normalized spacial score (nSPS) is 10.4. The van der Waals surface area contributed by atoms with Gasteiger partial charge >= 0.3 is 0 Å². The van der Waals surface area contributed by atoms with E-state index in [0.717, 1.165) is 11.3 Å². The van der Waals surface area contributed by atoms with Crippen LogP contribution in [0.1, 0.15) is 5.56 Å². The summed E-state index contributed by atoms with van der Waals surface area (Å²) in [5, 5.41) is 8.94. The molecule has 1 rings (SSSR count). The molecule has 0 saturated heterocycles. The maximum Gasteiger partial charge on any atom is 0.119 e. The second-order valence-corrected chi connectivity index (χ2v) is 3.26. The largest absolute Gasteiger partial charge is 0.491 e.